The minimum Gasteiger partial charge on any atom is -0.377 e. The van der Waals surface area contributed by atoms with E-state index >= 15 is 0 Å². The highest BCUT2D eigenvalue weighted by atomic mass is 28.4. The molecule has 7 nitrogen and oxygen atoms in total. The lowest BCUT2D eigenvalue weighted by molar-refractivity contribution is -0.211. The Morgan fingerprint density at radius 3 is 1.46 bits per heavy atom. The first-order valence-corrected chi connectivity index (χ1v) is 19.8. The molecule has 1 atom stereocenters. The lowest BCUT2D eigenvalue weighted by Crippen LogP contribution is -2.56. The van der Waals surface area contributed by atoms with Crippen molar-refractivity contribution in [2.24, 2.45) is 0 Å². The van der Waals surface area contributed by atoms with Gasteiger partial charge < -0.3 is 31.3 Å². The van der Waals surface area contributed by atoms with E-state index < -0.39 is 23.4 Å². The molecule has 0 aliphatic carbocycles. The number of hydrogen-bond acceptors (Lipinski definition) is 7. The van der Waals surface area contributed by atoms with E-state index in [-0.39, 0.29) is 0 Å². The molecule has 0 aromatic rings. The zero-order chi connectivity index (χ0) is 29.3. The highest BCUT2D eigenvalue weighted by Gasteiger charge is 2.51. The molecule has 0 saturated carbocycles. The van der Waals surface area contributed by atoms with E-state index in [1.165, 1.54) is 89.9 Å². The van der Waals surface area contributed by atoms with Crippen molar-refractivity contribution in [1.29, 1.82) is 0 Å². The Morgan fingerprint density at radius 2 is 1.05 bits per heavy atom. The van der Waals surface area contributed by atoms with Crippen LogP contribution in [0, 0.1) is 0 Å². The van der Waals surface area contributed by atoms with Gasteiger partial charge in [-0.2, -0.15) is 0 Å². The monoisotopic (exact) mass is 594 g/mol. The summed E-state index contributed by atoms with van der Waals surface area (Å²) in [5.41, 5.74) is 0. The molecule has 0 aromatic heterocycles. The molecular weight excluding hydrogens is 528 g/mol. The predicted molar refractivity (Wildman–Crippen MR) is 166 cm³/mol. The van der Waals surface area contributed by atoms with Gasteiger partial charge in [0.15, 0.2) is 5.79 Å². The summed E-state index contributed by atoms with van der Waals surface area (Å²) in [4.78, 5) is 0. The van der Waals surface area contributed by atoms with Gasteiger partial charge in [0.1, 0.15) is 0 Å². The Hall–Kier alpha value is 0.154. The van der Waals surface area contributed by atoms with Gasteiger partial charge >= 0.3 is 17.6 Å². The predicted octanol–water partition coefficient (Wildman–Crippen LogP) is 8.91. The summed E-state index contributed by atoms with van der Waals surface area (Å²) >= 11 is 0. The molecule has 9 heteroatoms. The molecule has 1 aliphatic heterocycles. The van der Waals surface area contributed by atoms with E-state index in [9.17, 15) is 0 Å². The lowest BCUT2D eigenvalue weighted by Gasteiger charge is -2.43. The molecular formula is C30H66O7Si2. The Bertz CT molecular complexity index is 525. The zero-order valence-electron chi connectivity index (χ0n) is 27.2. The zero-order valence-corrected chi connectivity index (χ0v) is 29.2. The standard InChI is InChI=1S/C17H36O4Si.C13H30O3Si/c1-5-6-7-8-9-10-11-12-14-17(18-2)15-13-16-22(19-3,20-4)21-17;1-5-6-7-8-9-10-11-12-13-17(14-2,15-3)16-4/h5-16H2,1-4H3;5-13H2,1-4H3. The van der Waals surface area contributed by atoms with Crippen molar-refractivity contribution in [2.45, 2.75) is 154 Å². The number of methoxy groups -OCH3 is 1. The topological polar surface area (TPSA) is 64.6 Å². The summed E-state index contributed by atoms with van der Waals surface area (Å²) < 4.78 is 39.3. The van der Waals surface area contributed by atoms with Gasteiger partial charge in [0.05, 0.1) is 0 Å². The quantitative estimate of drug-likeness (QED) is 0.0816. The van der Waals surface area contributed by atoms with Crippen molar-refractivity contribution in [3.8, 4) is 0 Å². The van der Waals surface area contributed by atoms with Gasteiger partial charge in [0.25, 0.3) is 0 Å². The van der Waals surface area contributed by atoms with Crippen molar-refractivity contribution >= 4 is 17.6 Å². The summed E-state index contributed by atoms with van der Waals surface area (Å²) in [5.74, 6) is -0.487. The van der Waals surface area contributed by atoms with Crippen molar-refractivity contribution in [2.75, 3.05) is 42.7 Å². The average Bonchev–Trinajstić information content (AvgIpc) is 2.98. The molecule has 236 valence electrons. The van der Waals surface area contributed by atoms with Crippen LogP contribution in [-0.4, -0.2) is 66.1 Å². The number of rotatable bonds is 24. The van der Waals surface area contributed by atoms with Crippen LogP contribution in [0.4, 0.5) is 0 Å². The lowest BCUT2D eigenvalue weighted by atomic mass is 10.0. The van der Waals surface area contributed by atoms with Crippen LogP contribution in [0.5, 0.6) is 0 Å². The van der Waals surface area contributed by atoms with E-state index in [0.29, 0.717) is 0 Å². The number of unbranched alkanes of at least 4 members (excludes halogenated alkanes) is 14. The van der Waals surface area contributed by atoms with E-state index in [1.54, 1.807) is 42.7 Å². The maximum absolute atomic E-state index is 6.24. The summed E-state index contributed by atoms with van der Waals surface area (Å²) in [6, 6.07) is 1.83. The normalized spacial score (nSPS) is 19.1. The molecule has 0 aromatic carbocycles. The van der Waals surface area contributed by atoms with Gasteiger partial charge in [0.2, 0.25) is 0 Å². The molecule has 1 rings (SSSR count). The third kappa shape index (κ3) is 17.0. The van der Waals surface area contributed by atoms with E-state index in [4.69, 9.17) is 31.3 Å². The van der Waals surface area contributed by atoms with Gasteiger partial charge in [-0.15, -0.1) is 0 Å². The maximum Gasteiger partial charge on any atom is 0.502 e. The Labute approximate surface area is 245 Å². The third-order valence-electron chi connectivity index (χ3n) is 8.06. The molecule has 1 saturated heterocycles. The second kappa shape index (κ2) is 24.7. The van der Waals surface area contributed by atoms with Crippen molar-refractivity contribution in [3.63, 3.8) is 0 Å². The van der Waals surface area contributed by atoms with Crippen LogP contribution in [0.15, 0.2) is 0 Å². The highest BCUT2D eigenvalue weighted by Crippen LogP contribution is 2.38. The fourth-order valence-corrected chi connectivity index (χ4v) is 9.42. The van der Waals surface area contributed by atoms with Crippen molar-refractivity contribution < 1.29 is 31.3 Å². The molecule has 1 aliphatic rings. The smallest absolute Gasteiger partial charge is 0.377 e. The Kier molecular flexibility index (Phi) is 24.8. The first-order chi connectivity index (χ1) is 18.9. The van der Waals surface area contributed by atoms with Crippen LogP contribution in [0.1, 0.15) is 136 Å². The fourth-order valence-electron chi connectivity index (χ4n) is 5.31. The van der Waals surface area contributed by atoms with Crippen molar-refractivity contribution in [1.82, 2.24) is 0 Å². The Balaban J connectivity index is 0.000000768. The van der Waals surface area contributed by atoms with Gasteiger partial charge in [-0.05, 0) is 19.3 Å². The van der Waals surface area contributed by atoms with E-state index in [2.05, 4.69) is 13.8 Å². The maximum atomic E-state index is 6.24. The number of ether oxygens (including phenoxy) is 1. The van der Waals surface area contributed by atoms with Crippen LogP contribution in [0.25, 0.3) is 0 Å². The fraction of sp³-hybridized carbons (Fsp3) is 1.00. The molecule has 39 heavy (non-hydrogen) atoms. The van der Waals surface area contributed by atoms with Crippen LogP contribution in [0.2, 0.25) is 12.1 Å². The molecule has 1 unspecified atom stereocenters. The van der Waals surface area contributed by atoms with Crippen LogP contribution < -0.4 is 0 Å². The summed E-state index contributed by atoms with van der Waals surface area (Å²) in [6.45, 7) is 4.52. The SMILES string of the molecule is CCCCCCCCCCC1(OC)CCC[Si](OC)(OC)O1.CCCCCCCCCC[Si](OC)(OC)OC. The van der Waals surface area contributed by atoms with Crippen LogP contribution in [0.3, 0.4) is 0 Å². The van der Waals surface area contributed by atoms with Gasteiger partial charge in [-0.3, -0.25) is 0 Å². The molecule has 0 N–H and O–H groups in total. The minimum atomic E-state index is -2.50. The van der Waals surface area contributed by atoms with Crippen LogP contribution >= 0.6 is 0 Å². The second-order valence-corrected chi connectivity index (χ2v) is 16.9. The average molecular weight is 595 g/mol. The van der Waals surface area contributed by atoms with Crippen molar-refractivity contribution in [3.05, 3.63) is 0 Å². The van der Waals surface area contributed by atoms with Gasteiger partial charge in [-0.25, -0.2) is 0 Å². The number of hydrogen-bond donors (Lipinski definition) is 0. The van der Waals surface area contributed by atoms with Gasteiger partial charge in [0, 0.05) is 67.6 Å². The third-order valence-corrected chi connectivity index (χ3v) is 13.8. The molecule has 1 fully saturated rings. The minimum absolute atomic E-state index is 0.487. The molecule has 0 radical (unpaired) electrons. The first-order valence-electron chi connectivity index (χ1n) is 15.9. The van der Waals surface area contributed by atoms with E-state index in [1.807, 2.05) is 0 Å². The summed E-state index contributed by atoms with van der Waals surface area (Å²) in [7, 11) is 5.39. The first kappa shape index (κ1) is 39.2. The largest absolute Gasteiger partial charge is 0.502 e. The molecule has 0 bridgehead atoms. The highest BCUT2D eigenvalue weighted by molar-refractivity contribution is 6.61. The van der Waals surface area contributed by atoms with Crippen LogP contribution in [-0.2, 0) is 31.3 Å². The Morgan fingerprint density at radius 1 is 0.615 bits per heavy atom. The second-order valence-electron chi connectivity index (χ2n) is 10.9. The van der Waals surface area contributed by atoms with E-state index in [0.717, 1.165) is 44.2 Å². The molecule has 0 amide bonds. The summed E-state index contributed by atoms with van der Waals surface area (Å²) in [6.07, 6.45) is 24.1. The molecule has 1 heterocycles. The molecule has 0 spiro atoms. The summed E-state index contributed by atoms with van der Waals surface area (Å²) in [5, 5.41) is 0. The van der Waals surface area contributed by atoms with Gasteiger partial charge in [-0.1, -0.05) is 104 Å².